The van der Waals surface area contributed by atoms with E-state index in [0.717, 1.165) is 62.5 Å². The van der Waals surface area contributed by atoms with Crippen molar-refractivity contribution in [3.63, 3.8) is 0 Å². The zero-order valence-electron chi connectivity index (χ0n) is 22.7. The van der Waals surface area contributed by atoms with Gasteiger partial charge in [-0.1, -0.05) is 49.2 Å². The van der Waals surface area contributed by atoms with Crippen LogP contribution in [0, 0.1) is 5.92 Å². The number of anilines is 2. The zero-order valence-corrected chi connectivity index (χ0v) is 24.2. The van der Waals surface area contributed by atoms with Crippen LogP contribution < -0.4 is 14.5 Å². The first kappa shape index (κ1) is 29.3. The number of carbonyl (C=O) groups is 2. The van der Waals surface area contributed by atoms with Crippen LogP contribution in [0.5, 0.6) is 5.75 Å². The Labute approximate surface area is 240 Å². The molecule has 1 fully saturated rings. The average molecular weight is 579 g/mol. The van der Waals surface area contributed by atoms with Gasteiger partial charge in [0.1, 0.15) is 5.75 Å². The molecule has 0 N–H and O–H groups in total. The number of fused-ring (bicyclic) bond motifs is 1. The van der Waals surface area contributed by atoms with E-state index in [1.54, 1.807) is 0 Å². The van der Waals surface area contributed by atoms with Gasteiger partial charge in [0, 0.05) is 38.7 Å². The summed E-state index contributed by atoms with van der Waals surface area (Å²) < 4.78 is 16.3. The molecule has 2 heterocycles. The molecular weight excluding hydrogens is 541 g/mol. The fourth-order valence-electron chi connectivity index (χ4n) is 4.72. The van der Waals surface area contributed by atoms with Crippen LogP contribution in [0.25, 0.3) is 0 Å². The molecule has 0 spiro atoms. The number of carbonyl (C=O) groups excluding carboxylic acids is 2. The van der Waals surface area contributed by atoms with Crippen molar-refractivity contribution >= 4 is 46.6 Å². The highest BCUT2D eigenvalue weighted by molar-refractivity contribution is 6.43. The van der Waals surface area contributed by atoms with Crippen LogP contribution >= 0.6 is 23.2 Å². The fraction of sp³-hybridized carbons (Fsp3) is 0.517. The average Bonchev–Trinajstić information content (AvgIpc) is 2.93. The summed E-state index contributed by atoms with van der Waals surface area (Å²) in [5.74, 6) is 0.816. The molecule has 1 saturated heterocycles. The monoisotopic (exact) mass is 577 g/mol. The predicted molar refractivity (Wildman–Crippen MR) is 154 cm³/mol. The third-order valence-corrected chi connectivity index (χ3v) is 7.69. The van der Waals surface area contributed by atoms with E-state index >= 15 is 0 Å². The van der Waals surface area contributed by atoms with E-state index in [-0.39, 0.29) is 25.2 Å². The molecule has 2 aliphatic heterocycles. The molecule has 2 aromatic carbocycles. The van der Waals surface area contributed by atoms with Crippen molar-refractivity contribution < 1.29 is 23.8 Å². The quantitative estimate of drug-likeness (QED) is 0.239. The number of amides is 1. The molecule has 212 valence electrons. The zero-order chi connectivity index (χ0) is 27.8. The van der Waals surface area contributed by atoms with E-state index in [2.05, 4.69) is 9.80 Å². The van der Waals surface area contributed by atoms with Gasteiger partial charge in [-0.15, -0.1) is 0 Å². The van der Waals surface area contributed by atoms with E-state index in [0.29, 0.717) is 35.2 Å². The SMILES string of the molecule is CC(C)COC(=O)OCN1C(=O)CCc2ccc(OCCCCN3CCN(c4cccc(Cl)c4Cl)CC3)cc21. The number of benzene rings is 2. The molecule has 10 heteroatoms. The van der Waals surface area contributed by atoms with E-state index in [4.69, 9.17) is 37.4 Å². The van der Waals surface area contributed by atoms with Crippen LogP contribution in [-0.2, 0) is 20.7 Å². The molecule has 39 heavy (non-hydrogen) atoms. The fourth-order valence-corrected chi connectivity index (χ4v) is 5.13. The van der Waals surface area contributed by atoms with Crippen LogP contribution in [0.1, 0.15) is 38.7 Å². The van der Waals surface area contributed by atoms with Crippen LogP contribution in [0.3, 0.4) is 0 Å². The Bertz CT molecular complexity index is 1140. The van der Waals surface area contributed by atoms with Gasteiger partial charge in [0.2, 0.25) is 5.91 Å². The minimum Gasteiger partial charge on any atom is -0.494 e. The van der Waals surface area contributed by atoms with Crippen molar-refractivity contribution in [2.45, 2.75) is 39.5 Å². The first-order chi connectivity index (χ1) is 18.8. The summed E-state index contributed by atoms with van der Waals surface area (Å²) >= 11 is 12.6. The number of hydrogen-bond acceptors (Lipinski definition) is 7. The minimum absolute atomic E-state index is 0.0889. The minimum atomic E-state index is -0.772. The van der Waals surface area contributed by atoms with Gasteiger partial charge in [-0.3, -0.25) is 14.6 Å². The maximum Gasteiger partial charge on any atom is 0.510 e. The Morgan fingerprint density at radius 1 is 0.974 bits per heavy atom. The molecule has 0 aromatic heterocycles. The number of unbranched alkanes of at least 4 members (excludes halogenated alkanes) is 1. The summed E-state index contributed by atoms with van der Waals surface area (Å²) in [6.07, 6.45) is 2.20. The molecule has 0 radical (unpaired) electrons. The second-order valence-corrected chi connectivity index (χ2v) is 11.1. The standard InChI is InChI=1S/C29H37Cl2N3O5/c1-21(2)19-38-29(36)39-20-34-26-18-23(10-8-22(26)9-11-27(34)35)37-17-4-3-12-32-13-15-33(16-14-32)25-7-5-6-24(30)28(25)31/h5-8,10,18,21H,3-4,9,11-17,19-20H2,1-2H3. The van der Waals surface area contributed by atoms with Gasteiger partial charge in [-0.2, -0.15) is 0 Å². The molecule has 1 amide bonds. The van der Waals surface area contributed by atoms with Crippen LogP contribution in [-0.4, -0.2) is 69.6 Å². The molecule has 8 nitrogen and oxygen atoms in total. The largest absolute Gasteiger partial charge is 0.510 e. The maximum atomic E-state index is 12.6. The molecule has 0 unspecified atom stereocenters. The van der Waals surface area contributed by atoms with Crippen LogP contribution in [0.15, 0.2) is 36.4 Å². The van der Waals surface area contributed by atoms with E-state index in [1.165, 1.54) is 4.90 Å². The number of hydrogen-bond donors (Lipinski definition) is 0. The number of ether oxygens (including phenoxy) is 3. The van der Waals surface area contributed by atoms with Gasteiger partial charge in [0.15, 0.2) is 6.73 Å². The third-order valence-electron chi connectivity index (χ3n) is 6.88. The highest BCUT2D eigenvalue weighted by atomic mass is 35.5. The summed E-state index contributed by atoms with van der Waals surface area (Å²) in [6.45, 7) is 9.37. The predicted octanol–water partition coefficient (Wildman–Crippen LogP) is 6.02. The topological polar surface area (TPSA) is 71.5 Å². The molecule has 0 aliphatic carbocycles. The molecule has 4 rings (SSSR count). The second kappa shape index (κ2) is 14.1. The van der Waals surface area contributed by atoms with Gasteiger partial charge in [0.25, 0.3) is 0 Å². The first-order valence-electron chi connectivity index (χ1n) is 13.6. The van der Waals surface area contributed by atoms with Crippen molar-refractivity contribution in [2.75, 3.05) is 62.5 Å². The maximum absolute atomic E-state index is 12.6. The Balaban J connectivity index is 1.19. The second-order valence-electron chi connectivity index (χ2n) is 10.3. The summed E-state index contributed by atoms with van der Waals surface area (Å²) in [6, 6.07) is 11.5. The molecule has 0 atom stereocenters. The lowest BCUT2D eigenvalue weighted by Crippen LogP contribution is -2.46. The highest BCUT2D eigenvalue weighted by Gasteiger charge is 2.26. The molecule has 0 bridgehead atoms. The van der Waals surface area contributed by atoms with E-state index < -0.39 is 6.16 Å². The first-order valence-corrected chi connectivity index (χ1v) is 14.3. The highest BCUT2D eigenvalue weighted by Crippen LogP contribution is 2.33. The number of aryl methyl sites for hydroxylation is 1. The van der Waals surface area contributed by atoms with Crippen LogP contribution in [0.4, 0.5) is 16.2 Å². The van der Waals surface area contributed by atoms with Gasteiger partial charge in [0.05, 0.1) is 34.6 Å². The molecule has 0 saturated carbocycles. The smallest absolute Gasteiger partial charge is 0.494 e. The van der Waals surface area contributed by atoms with Crippen molar-refractivity contribution in [2.24, 2.45) is 5.92 Å². The number of halogens is 2. The summed E-state index contributed by atoms with van der Waals surface area (Å²) in [7, 11) is 0. The Morgan fingerprint density at radius 3 is 2.54 bits per heavy atom. The Kier molecular flexibility index (Phi) is 10.6. The normalized spacial score (nSPS) is 15.9. The van der Waals surface area contributed by atoms with Gasteiger partial charge in [-0.05, 0) is 55.5 Å². The lowest BCUT2D eigenvalue weighted by atomic mass is 10.0. The number of piperazine rings is 1. The van der Waals surface area contributed by atoms with E-state index in [1.807, 2.05) is 50.2 Å². The van der Waals surface area contributed by atoms with Gasteiger partial charge >= 0.3 is 6.16 Å². The molecular formula is C29H37Cl2N3O5. The van der Waals surface area contributed by atoms with E-state index in [9.17, 15) is 9.59 Å². The van der Waals surface area contributed by atoms with Gasteiger partial charge < -0.3 is 19.1 Å². The number of nitrogens with zero attached hydrogens (tertiary/aromatic N) is 3. The lowest BCUT2D eigenvalue weighted by Gasteiger charge is -2.36. The van der Waals surface area contributed by atoms with Crippen molar-refractivity contribution in [1.82, 2.24) is 4.90 Å². The summed E-state index contributed by atoms with van der Waals surface area (Å²) in [5, 5.41) is 1.21. The third kappa shape index (κ3) is 8.16. The molecule has 2 aromatic rings. The van der Waals surface area contributed by atoms with Crippen molar-refractivity contribution in [1.29, 1.82) is 0 Å². The van der Waals surface area contributed by atoms with Gasteiger partial charge in [-0.25, -0.2) is 4.79 Å². The Hall–Kier alpha value is -2.68. The Morgan fingerprint density at radius 2 is 1.77 bits per heavy atom. The van der Waals surface area contributed by atoms with Crippen molar-refractivity contribution in [3.8, 4) is 5.75 Å². The summed E-state index contributed by atoms with van der Waals surface area (Å²) in [4.78, 5) is 30.7. The number of rotatable bonds is 11. The lowest BCUT2D eigenvalue weighted by molar-refractivity contribution is -0.119. The summed E-state index contributed by atoms with van der Waals surface area (Å²) in [5.41, 5.74) is 2.75. The molecule has 2 aliphatic rings. The van der Waals surface area contributed by atoms with Crippen LogP contribution in [0.2, 0.25) is 10.0 Å². The van der Waals surface area contributed by atoms with Crippen molar-refractivity contribution in [3.05, 3.63) is 52.0 Å².